The molecule has 0 N–H and O–H groups in total. The van der Waals surface area contributed by atoms with E-state index in [9.17, 15) is 13.2 Å². The zero-order chi connectivity index (χ0) is 25.4. The van der Waals surface area contributed by atoms with Gasteiger partial charge in [-0.2, -0.15) is 0 Å². The van der Waals surface area contributed by atoms with Crippen molar-refractivity contribution in [3.05, 3.63) is 52.0 Å². The topological polar surface area (TPSA) is 91.4 Å². The maximum atomic E-state index is 13.3. The van der Waals surface area contributed by atoms with Crippen LogP contribution in [0.15, 0.2) is 45.8 Å². The molecule has 1 saturated heterocycles. The Morgan fingerprint density at radius 1 is 1.17 bits per heavy atom. The molecule has 10 heteroatoms. The molecule has 2 aromatic carbocycles. The number of carbonyl (C=O) groups is 1. The highest BCUT2D eigenvalue weighted by Crippen LogP contribution is 2.33. The van der Waals surface area contributed by atoms with Gasteiger partial charge in [-0.25, -0.2) is 13.2 Å². The van der Waals surface area contributed by atoms with Crippen molar-refractivity contribution >= 4 is 37.6 Å². The van der Waals surface area contributed by atoms with Gasteiger partial charge in [0.15, 0.2) is 6.29 Å². The minimum absolute atomic E-state index is 0.0532. The lowest BCUT2D eigenvalue weighted by molar-refractivity contribution is -0.154. The summed E-state index contributed by atoms with van der Waals surface area (Å²) in [5.74, 6) is 5.59. The van der Waals surface area contributed by atoms with E-state index in [4.69, 9.17) is 18.9 Å². The zero-order valence-electron chi connectivity index (χ0n) is 19.9. The van der Waals surface area contributed by atoms with Gasteiger partial charge in [-0.1, -0.05) is 27.8 Å². The van der Waals surface area contributed by atoms with Gasteiger partial charge in [0.25, 0.3) is 10.0 Å². The first-order valence-electron chi connectivity index (χ1n) is 11.0. The van der Waals surface area contributed by atoms with Crippen molar-refractivity contribution in [1.82, 2.24) is 0 Å². The molecule has 0 saturated carbocycles. The van der Waals surface area contributed by atoms with Crippen LogP contribution in [-0.2, 0) is 24.2 Å². The van der Waals surface area contributed by atoms with Crippen LogP contribution in [0.1, 0.15) is 35.2 Å². The molecule has 0 aromatic heterocycles. The first-order chi connectivity index (χ1) is 16.7. The summed E-state index contributed by atoms with van der Waals surface area (Å²) >= 11 is 3.34. The fourth-order valence-electron chi connectivity index (χ4n) is 3.60. The van der Waals surface area contributed by atoms with Crippen molar-refractivity contribution in [3.63, 3.8) is 0 Å². The minimum Gasteiger partial charge on any atom is -0.481 e. The maximum absolute atomic E-state index is 13.3. The number of rotatable bonds is 8. The molecule has 188 valence electrons. The molecule has 1 fully saturated rings. The van der Waals surface area contributed by atoms with E-state index >= 15 is 0 Å². The van der Waals surface area contributed by atoms with Crippen LogP contribution in [0, 0.1) is 18.8 Å². The monoisotopic (exact) mass is 565 g/mol. The summed E-state index contributed by atoms with van der Waals surface area (Å²) < 4.78 is 49.7. The number of benzene rings is 2. The smallest absolute Gasteiger partial charge is 0.340 e. The third-order valence-corrected chi connectivity index (χ3v) is 7.61. The van der Waals surface area contributed by atoms with Gasteiger partial charge < -0.3 is 18.9 Å². The van der Waals surface area contributed by atoms with Crippen molar-refractivity contribution < 1.29 is 32.2 Å². The summed E-state index contributed by atoms with van der Waals surface area (Å²) in [5, 5.41) is 0. The number of hydrogen-bond acceptors (Lipinski definition) is 7. The summed E-state index contributed by atoms with van der Waals surface area (Å²) in [6, 6.07) is 9.29. The van der Waals surface area contributed by atoms with Crippen molar-refractivity contribution in [2.24, 2.45) is 0 Å². The maximum Gasteiger partial charge on any atom is 0.340 e. The molecule has 0 radical (unpaired) electrons. The Morgan fingerprint density at radius 2 is 1.89 bits per heavy atom. The van der Waals surface area contributed by atoms with E-state index in [1.54, 1.807) is 25.1 Å². The number of methoxy groups -OCH3 is 1. The third-order valence-electron chi connectivity index (χ3n) is 5.38. The van der Waals surface area contributed by atoms with Crippen LogP contribution in [0.2, 0.25) is 0 Å². The molecule has 1 heterocycles. The molecule has 2 aromatic rings. The number of esters is 1. The van der Waals surface area contributed by atoms with Crippen LogP contribution in [0.5, 0.6) is 5.75 Å². The van der Waals surface area contributed by atoms with Crippen LogP contribution >= 0.6 is 15.9 Å². The molecule has 35 heavy (non-hydrogen) atoms. The Bertz CT molecular complexity index is 1200. The molecule has 0 amide bonds. The van der Waals surface area contributed by atoms with Gasteiger partial charge in [0, 0.05) is 18.1 Å². The van der Waals surface area contributed by atoms with Gasteiger partial charge in [-0.3, -0.25) is 4.31 Å². The first-order valence-corrected chi connectivity index (χ1v) is 13.3. The summed E-state index contributed by atoms with van der Waals surface area (Å²) in [7, 11) is -1.30. The molecule has 0 spiro atoms. The van der Waals surface area contributed by atoms with E-state index in [-0.39, 0.29) is 35.7 Å². The van der Waals surface area contributed by atoms with Crippen molar-refractivity contribution in [1.29, 1.82) is 0 Å². The lowest BCUT2D eigenvalue weighted by atomic mass is 10.1. The Morgan fingerprint density at radius 3 is 2.54 bits per heavy atom. The van der Waals surface area contributed by atoms with Crippen molar-refractivity contribution in [2.75, 3.05) is 38.3 Å². The highest BCUT2D eigenvalue weighted by molar-refractivity contribution is 9.10. The average Bonchev–Trinajstić information content (AvgIpc) is 2.85. The Hall–Kier alpha value is -2.58. The zero-order valence-corrected chi connectivity index (χ0v) is 22.3. The standard InChI is InChI=1S/C25H28BrNO7S/c1-18-16-19(26)17-22(25(28)31-3)24(18)27(2)35(29,30)21-11-9-20(10-12-21)32-13-6-7-15-34-23-8-4-5-14-33-23/h9-12,16-17,23H,4-5,8,13-15H2,1-3H3. The second-order valence-electron chi connectivity index (χ2n) is 7.80. The van der Waals surface area contributed by atoms with Gasteiger partial charge >= 0.3 is 5.97 Å². The number of nitrogens with zero attached hydrogens (tertiary/aromatic N) is 1. The third kappa shape index (κ3) is 6.98. The molecule has 0 aliphatic carbocycles. The molecule has 8 nitrogen and oxygen atoms in total. The molecule has 3 rings (SSSR count). The minimum atomic E-state index is -3.95. The Kier molecular flexibility index (Phi) is 9.57. The van der Waals surface area contributed by atoms with Crippen LogP contribution in [0.4, 0.5) is 5.69 Å². The predicted molar refractivity (Wildman–Crippen MR) is 135 cm³/mol. The van der Waals surface area contributed by atoms with Crippen LogP contribution in [-0.4, -0.2) is 54.7 Å². The number of ether oxygens (including phenoxy) is 4. The fourth-order valence-corrected chi connectivity index (χ4v) is 5.46. The second-order valence-corrected chi connectivity index (χ2v) is 10.7. The predicted octanol–water partition coefficient (Wildman–Crippen LogP) is 4.29. The quantitative estimate of drug-likeness (QED) is 0.348. The number of anilines is 1. The van der Waals surface area contributed by atoms with Gasteiger partial charge in [0.05, 0.1) is 23.3 Å². The summed E-state index contributed by atoms with van der Waals surface area (Å²) in [5.41, 5.74) is 0.989. The van der Waals surface area contributed by atoms with Crippen molar-refractivity contribution in [3.8, 4) is 17.6 Å². The molecule has 1 aliphatic rings. The normalized spacial score (nSPS) is 15.6. The molecule has 1 aliphatic heterocycles. The molecular formula is C25H28BrNO7S. The highest BCUT2D eigenvalue weighted by Gasteiger charge is 2.27. The Balaban J connectivity index is 1.65. The van der Waals surface area contributed by atoms with E-state index < -0.39 is 16.0 Å². The number of sulfonamides is 1. The van der Waals surface area contributed by atoms with E-state index in [1.165, 1.54) is 32.4 Å². The van der Waals surface area contributed by atoms with E-state index in [0.717, 1.165) is 30.2 Å². The SMILES string of the molecule is COC(=O)c1cc(Br)cc(C)c1N(C)S(=O)(=O)c1ccc(OCC#CCOC2CCCCO2)cc1. The number of hydrogen-bond donors (Lipinski definition) is 0. The van der Waals surface area contributed by atoms with Gasteiger partial charge in [0.1, 0.15) is 19.0 Å². The van der Waals surface area contributed by atoms with Crippen LogP contribution in [0.3, 0.4) is 0 Å². The Labute approximate surface area is 214 Å². The van der Waals surface area contributed by atoms with E-state index in [0.29, 0.717) is 15.8 Å². The van der Waals surface area contributed by atoms with Crippen LogP contribution in [0.25, 0.3) is 0 Å². The van der Waals surface area contributed by atoms with E-state index in [2.05, 4.69) is 27.8 Å². The first kappa shape index (κ1) is 27.0. The summed E-state index contributed by atoms with van der Waals surface area (Å²) in [6.45, 7) is 2.85. The largest absolute Gasteiger partial charge is 0.481 e. The molecule has 0 bridgehead atoms. The summed E-state index contributed by atoms with van der Waals surface area (Å²) in [4.78, 5) is 12.3. The van der Waals surface area contributed by atoms with Gasteiger partial charge in [-0.15, -0.1) is 0 Å². The molecule has 1 atom stereocenters. The van der Waals surface area contributed by atoms with Gasteiger partial charge in [-0.05, 0) is 68.1 Å². The second kappa shape index (κ2) is 12.4. The molecule has 1 unspecified atom stereocenters. The lowest BCUT2D eigenvalue weighted by Gasteiger charge is -2.24. The number of halogens is 1. The number of aryl methyl sites for hydroxylation is 1. The van der Waals surface area contributed by atoms with Crippen molar-refractivity contribution in [2.45, 2.75) is 37.4 Å². The average molecular weight is 566 g/mol. The molecular weight excluding hydrogens is 538 g/mol. The number of carbonyl (C=O) groups excluding carboxylic acids is 1. The van der Waals surface area contributed by atoms with Gasteiger partial charge in [0.2, 0.25) is 0 Å². The highest BCUT2D eigenvalue weighted by atomic mass is 79.9. The van der Waals surface area contributed by atoms with Crippen LogP contribution < -0.4 is 9.04 Å². The summed E-state index contributed by atoms with van der Waals surface area (Å²) in [6.07, 6.45) is 2.86. The lowest BCUT2D eigenvalue weighted by Crippen LogP contribution is -2.29. The van der Waals surface area contributed by atoms with E-state index in [1.807, 2.05) is 0 Å². The fraction of sp³-hybridized carbons (Fsp3) is 0.400.